The Morgan fingerprint density at radius 3 is 2.92 bits per heavy atom. The quantitative estimate of drug-likeness (QED) is 0.693. The Morgan fingerprint density at radius 2 is 2.50 bits per heavy atom. The zero-order chi connectivity index (χ0) is 8.27. The summed E-state index contributed by atoms with van der Waals surface area (Å²) in [4.78, 5) is 16.8. The average molecular weight is 307 g/mol. The summed E-state index contributed by atoms with van der Waals surface area (Å²) in [6.45, 7) is 0. The first kappa shape index (κ1) is 12.2. The summed E-state index contributed by atoms with van der Waals surface area (Å²) in [5, 5.41) is 8.42. The predicted molar refractivity (Wildman–Crippen MR) is 37.9 cm³/mol. The van der Waals surface area contributed by atoms with Crippen molar-refractivity contribution in [3.05, 3.63) is 18.2 Å². The summed E-state index contributed by atoms with van der Waals surface area (Å²) in [6.07, 6.45) is 3.34. The van der Waals surface area contributed by atoms with Gasteiger partial charge in [-0.1, -0.05) is 0 Å². The molecular weight excluding hydrogens is 298 g/mol. The number of imidazole rings is 1. The number of aliphatic carboxylic acids is 1. The molecule has 6 heteroatoms. The predicted octanol–water partition coefficient (Wildman–Crippen LogP) is -0.636. The van der Waals surface area contributed by atoms with Crippen molar-refractivity contribution in [1.29, 1.82) is 0 Å². The maximum absolute atomic E-state index is 10.3. The SMILES string of the molecule is N[C@@H](Cc1cnc[nH]1)C(=O)O.[Eu]. The van der Waals surface area contributed by atoms with Crippen molar-refractivity contribution in [3.8, 4) is 0 Å². The number of H-pyrrole nitrogens is 1. The number of nitrogens with one attached hydrogen (secondary N) is 1. The van der Waals surface area contributed by atoms with E-state index in [1.54, 1.807) is 6.20 Å². The van der Waals surface area contributed by atoms with Gasteiger partial charge < -0.3 is 15.8 Å². The van der Waals surface area contributed by atoms with Crippen LogP contribution >= 0.6 is 0 Å². The van der Waals surface area contributed by atoms with Gasteiger partial charge in [0, 0.05) is 67.7 Å². The molecule has 0 bridgehead atoms. The molecule has 1 aromatic rings. The first-order valence-corrected chi connectivity index (χ1v) is 3.16. The van der Waals surface area contributed by atoms with Crippen LogP contribution in [0.2, 0.25) is 0 Å². The van der Waals surface area contributed by atoms with Gasteiger partial charge in [0.15, 0.2) is 0 Å². The number of aromatic nitrogens is 2. The number of hydrogen-bond donors (Lipinski definition) is 3. The van der Waals surface area contributed by atoms with Gasteiger partial charge in [0.1, 0.15) is 6.04 Å². The van der Waals surface area contributed by atoms with Crippen molar-refractivity contribution in [1.82, 2.24) is 9.97 Å². The van der Waals surface area contributed by atoms with E-state index < -0.39 is 12.0 Å². The van der Waals surface area contributed by atoms with Crippen LogP contribution in [0.1, 0.15) is 5.69 Å². The fourth-order valence-electron chi connectivity index (χ4n) is 0.721. The molecule has 0 aliphatic carbocycles. The number of nitrogens with zero attached hydrogens (tertiary/aromatic N) is 1. The second kappa shape index (κ2) is 5.80. The summed E-state index contributed by atoms with van der Waals surface area (Å²) < 4.78 is 0. The Hall–Kier alpha value is 0.224. The Labute approximate surface area is 110 Å². The van der Waals surface area contributed by atoms with Crippen LogP contribution in [0.15, 0.2) is 12.5 Å². The van der Waals surface area contributed by atoms with Gasteiger partial charge in [-0.15, -0.1) is 0 Å². The first-order valence-electron chi connectivity index (χ1n) is 3.16. The van der Waals surface area contributed by atoms with Crippen LogP contribution in [0, 0.1) is 49.4 Å². The molecule has 0 aliphatic rings. The average Bonchev–Trinajstić information content (AvgIpc) is 2.39. The van der Waals surface area contributed by atoms with Gasteiger partial charge in [-0.05, 0) is 0 Å². The summed E-state index contributed by atoms with van der Waals surface area (Å²) in [6, 6.07) is -0.851. The van der Waals surface area contributed by atoms with E-state index in [4.69, 9.17) is 10.8 Å². The smallest absolute Gasteiger partial charge is 0.320 e. The van der Waals surface area contributed by atoms with Crippen molar-refractivity contribution < 1.29 is 59.3 Å². The number of carboxylic acid groups (broad SMARTS) is 1. The molecule has 1 atom stereocenters. The van der Waals surface area contributed by atoms with E-state index in [-0.39, 0.29) is 55.8 Å². The molecule has 0 spiro atoms. The van der Waals surface area contributed by atoms with Crippen LogP contribution in [0.25, 0.3) is 0 Å². The molecule has 12 heavy (non-hydrogen) atoms. The van der Waals surface area contributed by atoms with E-state index in [0.29, 0.717) is 0 Å². The Bertz CT molecular complexity index is 237. The Morgan fingerprint density at radius 1 is 1.83 bits per heavy atom. The fourth-order valence-corrected chi connectivity index (χ4v) is 0.721. The first-order chi connectivity index (χ1) is 5.20. The summed E-state index contributed by atoms with van der Waals surface area (Å²) >= 11 is 0. The molecule has 0 aliphatic heterocycles. The van der Waals surface area contributed by atoms with Crippen molar-refractivity contribution in [2.45, 2.75) is 12.5 Å². The molecule has 67 valence electrons. The van der Waals surface area contributed by atoms with Gasteiger partial charge in [-0.25, -0.2) is 4.98 Å². The standard InChI is InChI=1S/C6H9N3O2.Eu/c7-5(6(10)11)1-4-2-8-3-9-4;/h2-3,5H,1,7H2,(H,8,9)(H,10,11);/t5-;/m0./s1. The van der Waals surface area contributed by atoms with Gasteiger partial charge in [0.05, 0.1) is 6.33 Å². The number of rotatable bonds is 3. The number of carboxylic acids is 1. The van der Waals surface area contributed by atoms with Crippen molar-refractivity contribution in [2.24, 2.45) is 5.73 Å². The van der Waals surface area contributed by atoms with Gasteiger partial charge >= 0.3 is 5.97 Å². The Kier molecular flexibility index (Phi) is 5.91. The zero-order valence-electron chi connectivity index (χ0n) is 6.20. The molecule has 0 aromatic carbocycles. The van der Waals surface area contributed by atoms with Crippen LogP contribution in [0.3, 0.4) is 0 Å². The van der Waals surface area contributed by atoms with Crippen LogP contribution in [0.5, 0.6) is 0 Å². The Balaban J connectivity index is 0.00000121. The van der Waals surface area contributed by atoms with E-state index in [1.165, 1.54) is 6.33 Å². The minimum atomic E-state index is -1.00. The molecule has 1 aromatic heterocycles. The molecule has 5 nitrogen and oxygen atoms in total. The molecule has 1 heterocycles. The van der Waals surface area contributed by atoms with Crippen LogP contribution in [-0.4, -0.2) is 27.1 Å². The maximum Gasteiger partial charge on any atom is 0.320 e. The van der Waals surface area contributed by atoms with Gasteiger partial charge in [-0.2, -0.15) is 0 Å². The molecule has 0 amide bonds. The molecule has 1 radical (unpaired) electrons. The number of aromatic amines is 1. The number of carbonyl (C=O) groups is 1. The van der Waals surface area contributed by atoms with Crippen molar-refractivity contribution >= 4 is 5.97 Å². The van der Waals surface area contributed by atoms with Crippen molar-refractivity contribution in [3.63, 3.8) is 0 Å². The normalized spacial score (nSPS) is 11.8. The molecule has 0 saturated heterocycles. The second-order valence-corrected chi connectivity index (χ2v) is 2.23. The largest absolute Gasteiger partial charge is 0.480 e. The van der Waals surface area contributed by atoms with Crippen LogP contribution in [0.4, 0.5) is 0 Å². The third-order valence-electron chi connectivity index (χ3n) is 1.31. The van der Waals surface area contributed by atoms with Crippen molar-refractivity contribution in [2.75, 3.05) is 0 Å². The van der Waals surface area contributed by atoms with Gasteiger partial charge in [-0.3, -0.25) is 4.79 Å². The summed E-state index contributed by atoms with van der Waals surface area (Å²) in [5.74, 6) is -1.00. The number of hydrogen-bond acceptors (Lipinski definition) is 3. The van der Waals surface area contributed by atoms with E-state index in [0.717, 1.165) is 5.69 Å². The summed E-state index contributed by atoms with van der Waals surface area (Å²) in [5.41, 5.74) is 6.00. The van der Waals surface area contributed by atoms with Crippen LogP contribution in [-0.2, 0) is 11.2 Å². The molecule has 1 rings (SSSR count). The third-order valence-corrected chi connectivity index (χ3v) is 1.31. The molecule has 0 unspecified atom stereocenters. The minimum Gasteiger partial charge on any atom is -0.480 e. The van der Waals surface area contributed by atoms with E-state index in [1.807, 2.05) is 0 Å². The molecule has 4 N–H and O–H groups in total. The molecule has 0 fully saturated rings. The van der Waals surface area contributed by atoms with E-state index in [2.05, 4.69) is 9.97 Å². The summed E-state index contributed by atoms with van der Waals surface area (Å²) in [7, 11) is 0. The van der Waals surface area contributed by atoms with Gasteiger partial charge in [0.2, 0.25) is 0 Å². The minimum absolute atomic E-state index is 0. The maximum atomic E-state index is 10.3. The topological polar surface area (TPSA) is 92.0 Å². The molecule has 0 saturated carbocycles. The zero-order valence-corrected chi connectivity index (χ0v) is 8.62. The van der Waals surface area contributed by atoms with E-state index >= 15 is 0 Å². The second-order valence-electron chi connectivity index (χ2n) is 2.23. The number of nitrogens with two attached hydrogens (primary N) is 1. The van der Waals surface area contributed by atoms with Gasteiger partial charge in [0.25, 0.3) is 0 Å². The monoisotopic (exact) mass is 308 g/mol. The fraction of sp³-hybridized carbons (Fsp3) is 0.333. The van der Waals surface area contributed by atoms with Crippen LogP contribution < -0.4 is 5.73 Å². The third kappa shape index (κ3) is 3.75. The molecular formula is C6H9EuN3O2. The van der Waals surface area contributed by atoms with E-state index in [9.17, 15) is 4.79 Å².